The SMILES string of the molecule is CCCC(O)(CC)C1(CN)CCOCC1. The van der Waals surface area contributed by atoms with Crippen molar-refractivity contribution in [2.45, 2.75) is 51.6 Å². The third kappa shape index (κ3) is 2.35. The quantitative estimate of drug-likeness (QED) is 0.733. The van der Waals surface area contributed by atoms with E-state index in [0.29, 0.717) is 6.54 Å². The molecule has 3 N–H and O–H groups in total. The van der Waals surface area contributed by atoms with Crippen molar-refractivity contribution < 1.29 is 9.84 Å². The van der Waals surface area contributed by atoms with Gasteiger partial charge in [-0.25, -0.2) is 0 Å². The zero-order valence-electron chi connectivity index (χ0n) is 10.1. The van der Waals surface area contributed by atoms with Gasteiger partial charge in [-0.15, -0.1) is 0 Å². The fraction of sp³-hybridized carbons (Fsp3) is 1.00. The molecular weight excluding hydrogens is 190 g/mol. The lowest BCUT2D eigenvalue weighted by Crippen LogP contribution is -2.55. The van der Waals surface area contributed by atoms with Gasteiger partial charge in [-0.1, -0.05) is 20.3 Å². The van der Waals surface area contributed by atoms with Crippen molar-refractivity contribution in [1.29, 1.82) is 0 Å². The summed E-state index contributed by atoms with van der Waals surface area (Å²) in [5.74, 6) is 0. The summed E-state index contributed by atoms with van der Waals surface area (Å²) in [6.45, 7) is 6.22. The molecule has 0 spiro atoms. The molecule has 0 aromatic carbocycles. The van der Waals surface area contributed by atoms with Crippen LogP contribution in [0.2, 0.25) is 0 Å². The molecule has 3 nitrogen and oxygen atoms in total. The first-order chi connectivity index (χ1) is 7.14. The fourth-order valence-corrected chi connectivity index (χ4v) is 2.85. The average Bonchev–Trinajstić information content (AvgIpc) is 2.30. The molecule has 1 aliphatic heterocycles. The molecule has 1 unspecified atom stereocenters. The highest BCUT2D eigenvalue weighted by atomic mass is 16.5. The maximum atomic E-state index is 10.8. The smallest absolute Gasteiger partial charge is 0.0714 e. The molecule has 0 radical (unpaired) electrons. The molecule has 1 fully saturated rings. The van der Waals surface area contributed by atoms with Crippen LogP contribution in [0, 0.1) is 5.41 Å². The summed E-state index contributed by atoms with van der Waals surface area (Å²) in [5, 5.41) is 10.8. The van der Waals surface area contributed by atoms with Crippen molar-refractivity contribution in [1.82, 2.24) is 0 Å². The normalized spacial score (nSPS) is 24.8. The zero-order chi connectivity index (χ0) is 11.4. The highest BCUT2D eigenvalue weighted by Crippen LogP contribution is 2.44. The van der Waals surface area contributed by atoms with Gasteiger partial charge in [-0.3, -0.25) is 0 Å². The molecule has 1 rings (SSSR count). The maximum Gasteiger partial charge on any atom is 0.0714 e. The Labute approximate surface area is 93.0 Å². The van der Waals surface area contributed by atoms with Crippen molar-refractivity contribution in [2.75, 3.05) is 19.8 Å². The molecule has 15 heavy (non-hydrogen) atoms. The Morgan fingerprint density at radius 3 is 2.33 bits per heavy atom. The second-order valence-electron chi connectivity index (χ2n) is 4.73. The Balaban J connectivity index is 2.84. The first kappa shape index (κ1) is 12.9. The summed E-state index contributed by atoms with van der Waals surface area (Å²) in [4.78, 5) is 0. The standard InChI is InChI=1S/C12H25NO2/c1-3-5-12(14,4-2)11(10-13)6-8-15-9-7-11/h14H,3-10,13H2,1-2H3. The number of hydrogen-bond acceptors (Lipinski definition) is 3. The van der Waals surface area contributed by atoms with Gasteiger partial charge < -0.3 is 15.6 Å². The largest absolute Gasteiger partial charge is 0.389 e. The summed E-state index contributed by atoms with van der Waals surface area (Å²) in [6.07, 6.45) is 4.44. The van der Waals surface area contributed by atoms with Crippen LogP contribution in [0.3, 0.4) is 0 Å². The van der Waals surface area contributed by atoms with Crippen LogP contribution in [0.25, 0.3) is 0 Å². The number of hydrogen-bond donors (Lipinski definition) is 2. The van der Waals surface area contributed by atoms with Crippen LogP contribution >= 0.6 is 0 Å². The molecule has 0 aliphatic carbocycles. The van der Waals surface area contributed by atoms with Gasteiger partial charge >= 0.3 is 0 Å². The molecular formula is C12H25NO2. The average molecular weight is 215 g/mol. The molecule has 0 aromatic heterocycles. The summed E-state index contributed by atoms with van der Waals surface area (Å²) in [6, 6.07) is 0. The highest BCUT2D eigenvalue weighted by molar-refractivity contribution is 4.99. The number of ether oxygens (including phenoxy) is 1. The van der Waals surface area contributed by atoms with Gasteiger partial charge in [0.15, 0.2) is 0 Å². The van der Waals surface area contributed by atoms with Crippen LogP contribution < -0.4 is 5.73 Å². The van der Waals surface area contributed by atoms with E-state index in [2.05, 4.69) is 13.8 Å². The van der Waals surface area contributed by atoms with Crippen LogP contribution in [0.15, 0.2) is 0 Å². The van der Waals surface area contributed by atoms with E-state index in [1.807, 2.05) is 0 Å². The highest BCUT2D eigenvalue weighted by Gasteiger charge is 2.48. The Kier molecular flexibility index (Phi) is 4.56. The molecule has 1 atom stereocenters. The van der Waals surface area contributed by atoms with Crippen LogP contribution in [0.4, 0.5) is 0 Å². The fourth-order valence-electron chi connectivity index (χ4n) is 2.85. The Morgan fingerprint density at radius 1 is 1.33 bits per heavy atom. The molecule has 1 aliphatic rings. The first-order valence-corrected chi connectivity index (χ1v) is 6.14. The van der Waals surface area contributed by atoms with Crippen molar-refractivity contribution in [3.8, 4) is 0 Å². The van der Waals surface area contributed by atoms with Gasteiger partial charge in [0.2, 0.25) is 0 Å². The van der Waals surface area contributed by atoms with E-state index in [4.69, 9.17) is 10.5 Å². The van der Waals surface area contributed by atoms with Crippen LogP contribution in [-0.2, 0) is 4.74 Å². The van der Waals surface area contributed by atoms with E-state index in [0.717, 1.165) is 45.3 Å². The van der Waals surface area contributed by atoms with Crippen molar-refractivity contribution in [3.05, 3.63) is 0 Å². The number of aliphatic hydroxyl groups is 1. The van der Waals surface area contributed by atoms with Gasteiger partial charge in [0, 0.05) is 25.2 Å². The molecule has 0 saturated carbocycles. The lowest BCUT2D eigenvalue weighted by molar-refractivity contribution is -0.135. The second kappa shape index (κ2) is 5.28. The number of nitrogens with two attached hydrogens (primary N) is 1. The van der Waals surface area contributed by atoms with E-state index < -0.39 is 5.60 Å². The van der Waals surface area contributed by atoms with Crippen molar-refractivity contribution >= 4 is 0 Å². The van der Waals surface area contributed by atoms with E-state index in [9.17, 15) is 5.11 Å². The lowest BCUT2D eigenvalue weighted by Gasteiger charge is -2.49. The van der Waals surface area contributed by atoms with Crippen molar-refractivity contribution in [2.24, 2.45) is 11.1 Å². The summed E-state index contributed by atoms with van der Waals surface area (Å²) in [7, 11) is 0. The van der Waals surface area contributed by atoms with E-state index >= 15 is 0 Å². The minimum atomic E-state index is -0.597. The van der Waals surface area contributed by atoms with Gasteiger partial charge in [-0.2, -0.15) is 0 Å². The molecule has 1 heterocycles. The minimum Gasteiger partial charge on any atom is -0.389 e. The Bertz CT molecular complexity index is 190. The van der Waals surface area contributed by atoms with Gasteiger partial charge in [0.25, 0.3) is 0 Å². The van der Waals surface area contributed by atoms with Crippen molar-refractivity contribution in [3.63, 3.8) is 0 Å². The molecule has 0 aromatic rings. The molecule has 0 bridgehead atoms. The topological polar surface area (TPSA) is 55.5 Å². The van der Waals surface area contributed by atoms with E-state index in [1.54, 1.807) is 0 Å². The van der Waals surface area contributed by atoms with Gasteiger partial charge in [0.05, 0.1) is 5.60 Å². The van der Waals surface area contributed by atoms with E-state index in [1.165, 1.54) is 0 Å². The predicted molar refractivity (Wildman–Crippen MR) is 61.7 cm³/mol. The second-order valence-corrected chi connectivity index (χ2v) is 4.73. The third-order valence-corrected chi connectivity index (χ3v) is 4.08. The Hall–Kier alpha value is -0.120. The van der Waals surface area contributed by atoms with E-state index in [-0.39, 0.29) is 5.41 Å². The summed E-state index contributed by atoms with van der Waals surface area (Å²) >= 11 is 0. The summed E-state index contributed by atoms with van der Waals surface area (Å²) < 4.78 is 5.38. The minimum absolute atomic E-state index is 0.115. The predicted octanol–water partition coefficient (Wildman–Crippen LogP) is 1.68. The first-order valence-electron chi connectivity index (χ1n) is 6.14. The summed E-state index contributed by atoms with van der Waals surface area (Å²) in [5.41, 5.74) is 5.20. The molecule has 3 heteroatoms. The Morgan fingerprint density at radius 2 is 1.93 bits per heavy atom. The molecule has 1 saturated heterocycles. The lowest BCUT2D eigenvalue weighted by atomic mass is 9.64. The van der Waals surface area contributed by atoms with Crippen LogP contribution in [0.1, 0.15) is 46.0 Å². The van der Waals surface area contributed by atoms with Crippen LogP contribution in [-0.4, -0.2) is 30.5 Å². The van der Waals surface area contributed by atoms with Gasteiger partial charge in [0.1, 0.15) is 0 Å². The van der Waals surface area contributed by atoms with Gasteiger partial charge in [-0.05, 0) is 25.7 Å². The number of rotatable bonds is 5. The molecule has 0 amide bonds. The maximum absolute atomic E-state index is 10.8. The molecule has 90 valence electrons. The zero-order valence-corrected chi connectivity index (χ0v) is 10.1. The van der Waals surface area contributed by atoms with Crippen LogP contribution in [0.5, 0.6) is 0 Å². The third-order valence-electron chi connectivity index (χ3n) is 4.08. The monoisotopic (exact) mass is 215 g/mol.